The van der Waals surface area contributed by atoms with Crippen LogP contribution >= 0.6 is 11.3 Å². The molecule has 5 heteroatoms. The van der Waals surface area contributed by atoms with Gasteiger partial charge in [0.05, 0.1) is 17.1 Å². The summed E-state index contributed by atoms with van der Waals surface area (Å²) in [7, 11) is 0. The van der Waals surface area contributed by atoms with Crippen molar-refractivity contribution < 1.29 is 14.3 Å². The van der Waals surface area contributed by atoms with E-state index in [1.54, 1.807) is 17.5 Å². The van der Waals surface area contributed by atoms with Gasteiger partial charge in [-0.05, 0) is 24.1 Å². The van der Waals surface area contributed by atoms with Gasteiger partial charge in [0.25, 0.3) is 0 Å². The van der Waals surface area contributed by atoms with Crippen molar-refractivity contribution >= 4 is 17.3 Å². The van der Waals surface area contributed by atoms with E-state index in [4.69, 9.17) is 5.11 Å². The van der Waals surface area contributed by atoms with Crippen LogP contribution in [0, 0.1) is 5.82 Å². The first-order valence-electron chi connectivity index (χ1n) is 5.53. The van der Waals surface area contributed by atoms with E-state index in [0.29, 0.717) is 5.69 Å². The molecule has 2 aromatic rings. The lowest BCUT2D eigenvalue weighted by Gasteiger charge is -1.98. The molecule has 0 aliphatic rings. The Morgan fingerprint density at radius 1 is 1.28 bits per heavy atom. The van der Waals surface area contributed by atoms with Gasteiger partial charge in [-0.25, -0.2) is 9.37 Å². The van der Waals surface area contributed by atoms with Crippen molar-refractivity contribution in [2.24, 2.45) is 0 Å². The fourth-order valence-electron chi connectivity index (χ4n) is 1.60. The van der Waals surface area contributed by atoms with Gasteiger partial charge in [-0.1, -0.05) is 12.1 Å². The first-order valence-corrected chi connectivity index (χ1v) is 6.41. The number of aryl methyl sites for hydroxylation is 2. The van der Waals surface area contributed by atoms with Crippen molar-refractivity contribution in [3.05, 3.63) is 51.7 Å². The Labute approximate surface area is 108 Å². The van der Waals surface area contributed by atoms with Crippen molar-refractivity contribution in [1.29, 1.82) is 0 Å². The molecule has 1 aromatic heterocycles. The van der Waals surface area contributed by atoms with Gasteiger partial charge < -0.3 is 5.11 Å². The zero-order chi connectivity index (χ0) is 13.0. The Bertz CT molecular complexity index is 536. The highest BCUT2D eigenvalue weighted by molar-refractivity contribution is 7.09. The average Bonchev–Trinajstić information content (AvgIpc) is 2.75. The second-order valence-corrected chi connectivity index (χ2v) is 4.87. The summed E-state index contributed by atoms with van der Waals surface area (Å²) in [6.45, 7) is 0. The minimum absolute atomic E-state index is 0.0347. The normalized spacial score (nSPS) is 10.5. The summed E-state index contributed by atoms with van der Waals surface area (Å²) >= 11 is 1.47. The monoisotopic (exact) mass is 265 g/mol. The maximum Gasteiger partial charge on any atom is 0.309 e. The second kappa shape index (κ2) is 5.73. The summed E-state index contributed by atoms with van der Waals surface area (Å²) in [5.74, 6) is -1.11. The van der Waals surface area contributed by atoms with Gasteiger partial charge in [0, 0.05) is 11.8 Å². The van der Waals surface area contributed by atoms with Gasteiger partial charge >= 0.3 is 5.97 Å². The van der Waals surface area contributed by atoms with Gasteiger partial charge in [0.15, 0.2) is 0 Å². The van der Waals surface area contributed by atoms with E-state index in [1.165, 1.54) is 23.5 Å². The molecule has 1 aromatic carbocycles. The van der Waals surface area contributed by atoms with Crippen molar-refractivity contribution in [3.8, 4) is 0 Å². The number of aromatic nitrogens is 1. The highest BCUT2D eigenvalue weighted by Gasteiger charge is 2.06. The maximum absolute atomic E-state index is 12.7. The molecule has 18 heavy (non-hydrogen) atoms. The fourth-order valence-corrected chi connectivity index (χ4v) is 2.40. The Kier molecular flexibility index (Phi) is 4.04. The molecule has 1 N–H and O–H groups in total. The van der Waals surface area contributed by atoms with Crippen molar-refractivity contribution in [3.63, 3.8) is 0 Å². The molecule has 0 fully saturated rings. The van der Waals surface area contributed by atoms with Gasteiger partial charge in [0.1, 0.15) is 5.82 Å². The molecule has 2 rings (SSSR count). The van der Waals surface area contributed by atoms with Crippen LogP contribution in [0.3, 0.4) is 0 Å². The Balaban J connectivity index is 1.92. The molecule has 0 amide bonds. The molecule has 0 aliphatic heterocycles. The van der Waals surface area contributed by atoms with E-state index in [1.807, 2.05) is 0 Å². The van der Waals surface area contributed by atoms with E-state index in [2.05, 4.69) is 4.98 Å². The number of hydrogen-bond acceptors (Lipinski definition) is 3. The maximum atomic E-state index is 12.7. The minimum atomic E-state index is -0.870. The smallest absolute Gasteiger partial charge is 0.309 e. The first-order chi connectivity index (χ1) is 8.63. The lowest BCUT2D eigenvalue weighted by Crippen LogP contribution is -2.00. The van der Waals surface area contributed by atoms with Crippen molar-refractivity contribution in [1.82, 2.24) is 4.98 Å². The lowest BCUT2D eigenvalue weighted by atomic mass is 10.1. The highest BCUT2D eigenvalue weighted by Crippen LogP contribution is 2.14. The van der Waals surface area contributed by atoms with Crippen LogP contribution in [0.25, 0.3) is 0 Å². The van der Waals surface area contributed by atoms with Crippen LogP contribution in [0.15, 0.2) is 29.6 Å². The van der Waals surface area contributed by atoms with Crippen LogP contribution in [0.4, 0.5) is 4.39 Å². The zero-order valence-corrected chi connectivity index (χ0v) is 10.4. The number of carbonyl (C=O) groups is 1. The standard InChI is InChI=1S/C13H12FNO2S/c14-10-4-1-9(2-5-10)3-6-12-15-11(8-18-12)7-13(16)17/h1-2,4-5,8H,3,6-7H2,(H,16,17). The summed E-state index contributed by atoms with van der Waals surface area (Å²) < 4.78 is 12.7. The van der Waals surface area contributed by atoms with Gasteiger partial charge in [-0.3, -0.25) is 4.79 Å². The number of benzene rings is 1. The zero-order valence-electron chi connectivity index (χ0n) is 9.60. The molecule has 0 saturated heterocycles. The van der Waals surface area contributed by atoms with E-state index in [0.717, 1.165) is 23.4 Å². The van der Waals surface area contributed by atoms with Crippen LogP contribution in [0.2, 0.25) is 0 Å². The van der Waals surface area contributed by atoms with Crippen molar-refractivity contribution in [2.75, 3.05) is 0 Å². The SMILES string of the molecule is O=C(O)Cc1csc(CCc2ccc(F)cc2)n1. The second-order valence-electron chi connectivity index (χ2n) is 3.93. The van der Waals surface area contributed by atoms with Crippen LogP contribution in [-0.4, -0.2) is 16.1 Å². The Morgan fingerprint density at radius 2 is 2.00 bits per heavy atom. The summed E-state index contributed by atoms with van der Waals surface area (Å²) in [5.41, 5.74) is 1.65. The number of hydrogen-bond donors (Lipinski definition) is 1. The molecule has 3 nitrogen and oxygen atoms in total. The molecule has 0 spiro atoms. The van der Waals surface area contributed by atoms with E-state index in [-0.39, 0.29) is 12.2 Å². The average molecular weight is 265 g/mol. The van der Waals surface area contributed by atoms with Gasteiger partial charge in [-0.15, -0.1) is 11.3 Å². The van der Waals surface area contributed by atoms with Gasteiger partial charge in [0.2, 0.25) is 0 Å². The molecule has 94 valence electrons. The largest absolute Gasteiger partial charge is 0.481 e. The van der Waals surface area contributed by atoms with E-state index < -0.39 is 5.97 Å². The minimum Gasteiger partial charge on any atom is -0.481 e. The number of aliphatic carboxylic acids is 1. The van der Waals surface area contributed by atoms with Crippen LogP contribution in [-0.2, 0) is 24.1 Å². The molecule has 0 bridgehead atoms. The predicted molar refractivity (Wildman–Crippen MR) is 67.3 cm³/mol. The number of thiazole rings is 1. The number of carboxylic acids is 1. The number of halogens is 1. The predicted octanol–water partition coefficient (Wildman–Crippen LogP) is 2.69. The summed E-state index contributed by atoms with van der Waals surface area (Å²) in [5, 5.41) is 11.3. The van der Waals surface area contributed by atoms with E-state index in [9.17, 15) is 9.18 Å². The van der Waals surface area contributed by atoms with Crippen molar-refractivity contribution in [2.45, 2.75) is 19.3 Å². The summed E-state index contributed by atoms with van der Waals surface area (Å²) in [6.07, 6.45) is 1.49. The fraction of sp³-hybridized carbons (Fsp3) is 0.231. The number of rotatable bonds is 5. The van der Waals surface area contributed by atoms with Crippen LogP contribution in [0.5, 0.6) is 0 Å². The number of carboxylic acid groups (broad SMARTS) is 1. The molecule has 0 radical (unpaired) electrons. The highest BCUT2D eigenvalue weighted by atomic mass is 32.1. The summed E-state index contributed by atoms with van der Waals surface area (Å²) in [4.78, 5) is 14.8. The molecular formula is C13H12FNO2S. The molecule has 0 aliphatic carbocycles. The van der Waals surface area contributed by atoms with Crippen LogP contribution in [0.1, 0.15) is 16.3 Å². The molecule has 0 unspecified atom stereocenters. The molecule has 1 heterocycles. The third kappa shape index (κ3) is 3.63. The van der Waals surface area contributed by atoms with Gasteiger partial charge in [-0.2, -0.15) is 0 Å². The molecule has 0 saturated carbocycles. The molecular weight excluding hydrogens is 253 g/mol. The summed E-state index contributed by atoms with van der Waals surface area (Å²) in [6, 6.07) is 6.38. The Hall–Kier alpha value is -1.75. The lowest BCUT2D eigenvalue weighted by molar-refractivity contribution is -0.136. The third-order valence-corrected chi connectivity index (χ3v) is 3.43. The topological polar surface area (TPSA) is 50.2 Å². The quantitative estimate of drug-likeness (QED) is 0.904. The number of nitrogens with zero attached hydrogens (tertiary/aromatic N) is 1. The first kappa shape index (κ1) is 12.7. The molecule has 0 atom stereocenters. The van der Waals surface area contributed by atoms with Crippen LogP contribution < -0.4 is 0 Å². The van der Waals surface area contributed by atoms with E-state index >= 15 is 0 Å². The Morgan fingerprint density at radius 3 is 2.67 bits per heavy atom. The third-order valence-electron chi connectivity index (χ3n) is 2.47.